The van der Waals surface area contributed by atoms with Gasteiger partial charge in [0.25, 0.3) is 0 Å². The van der Waals surface area contributed by atoms with Gasteiger partial charge in [-0.2, -0.15) is 0 Å². The molecule has 5 nitrogen and oxygen atoms in total. The van der Waals surface area contributed by atoms with Crippen LogP contribution in [0.5, 0.6) is 5.75 Å². The van der Waals surface area contributed by atoms with Crippen LogP contribution in [0.15, 0.2) is 28.6 Å². The minimum atomic E-state index is -0.596. The number of nitrogens with zero attached hydrogens (tertiary/aromatic N) is 2. The number of carbonyl (C=O) groups is 1. The summed E-state index contributed by atoms with van der Waals surface area (Å²) < 4.78 is 5.97. The quantitative estimate of drug-likeness (QED) is 0.494. The van der Waals surface area contributed by atoms with Crippen LogP contribution in [0.4, 0.5) is 5.13 Å². The second-order valence-electron chi connectivity index (χ2n) is 4.12. The number of amides is 1. The molecule has 1 unspecified atom stereocenters. The summed E-state index contributed by atoms with van der Waals surface area (Å²) in [6.45, 7) is 1.61. The molecular formula is C13H14ClN3O2S2. The number of hydrogen-bond acceptors (Lipinski definition) is 6. The van der Waals surface area contributed by atoms with Crippen molar-refractivity contribution in [2.75, 3.05) is 12.4 Å². The number of carbonyl (C=O) groups excluding carboxylic acids is 1. The number of rotatable bonds is 6. The first-order valence-electron chi connectivity index (χ1n) is 6.12. The molecule has 1 aromatic heterocycles. The van der Waals surface area contributed by atoms with Crippen molar-refractivity contribution >= 4 is 45.7 Å². The van der Waals surface area contributed by atoms with E-state index in [0.29, 0.717) is 5.13 Å². The summed E-state index contributed by atoms with van der Waals surface area (Å²) in [7, 11) is 1.64. The fourth-order valence-electron chi connectivity index (χ4n) is 1.43. The molecule has 0 radical (unpaired) electrons. The Balaban J connectivity index is 1.92. The molecule has 8 heteroatoms. The zero-order valence-electron chi connectivity index (χ0n) is 11.5. The number of benzene rings is 1. The maximum absolute atomic E-state index is 11.4. The van der Waals surface area contributed by atoms with Gasteiger partial charge in [0.1, 0.15) is 11.1 Å². The van der Waals surface area contributed by atoms with E-state index in [-0.39, 0.29) is 5.91 Å². The topological polar surface area (TPSA) is 64.1 Å². The van der Waals surface area contributed by atoms with Gasteiger partial charge in [0.15, 0.2) is 4.34 Å². The monoisotopic (exact) mass is 343 g/mol. The molecule has 1 aromatic carbocycles. The maximum Gasteiger partial charge on any atom is 0.243 e. The molecule has 2 rings (SSSR count). The largest absolute Gasteiger partial charge is 0.497 e. The number of anilines is 1. The van der Waals surface area contributed by atoms with Crippen LogP contribution in [0.3, 0.4) is 0 Å². The number of hydrogen-bond donors (Lipinski definition) is 1. The van der Waals surface area contributed by atoms with E-state index in [1.165, 1.54) is 11.3 Å². The van der Waals surface area contributed by atoms with Gasteiger partial charge >= 0.3 is 0 Å². The maximum atomic E-state index is 11.4. The van der Waals surface area contributed by atoms with Gasteiger partial charge in [-0.15, -0.1) is 21.8 Å². The number of aromatic nitrogens is 2. The second-order valence-corrected chi connectivity index (χ2v) is 6.97. The highest BCUT2D eigenvalue weighted by Crippen LogP contribution is 2.29. The molecule has 1 amide bonds. The second kappa shape index (κ2) is 7.63. The Bertz CT molecular complexity index is 619. The van der Waals surface area contributed by atoms with Gasteiger partial charge in [-0.1, -0.05) is 35.2 Å². The van der Waals surface area contributed by atoms with Gasteiger partial charge < -0.3 is 4.74 Å². The predicted octanol–water partition coefficient (Wildman–Crippen LogP) is 3.40. The minimum Gasteiger partial charge on any atom is -0.497 e. The van der Waals surface area contributed by atoms with Gasteiger partial charge in [0.05, 0.1) is 7.11 Å². The molecule has 0 spiro atoms. The van der Waals surface area contributed by atoms with Crippen molar-refractivity contribution in [2.45, 2.75) is 22.4 Å². The normalized spacial score (nSPS) is 12.0. The molecule has 1 N–H and O–H groups in total. The van der Waals surface area contributed by atoms with Crippen molar-refractivity contribution in [3.8, 4) is 5.75 Å². The molecular weight excluding hydrogens is 330 g/mol. The molecule has 1 heterocycles. The van der Waals surface area contributed by atoms with Crippen molar-refractivity contribution in [3.63, 3.8) is 0 Å². The molecule has 0 aliphatic carbocycles. The molecule has 2 aromatic rings. The summed E-state index contributed by atoms with van der Waals surface area (Å²) >= 11 is 8.56. The fourth-order valence-corrected chi connectivity index (χ4v) is 3.18. The van der Waals surface area contributed by atoms with Crippen LogP contribution in [-0.4, -0.2) is 28.6 Å². The third-order valence-electron chi connectivity index (χ3n) is 2.49. The van der Waals surface area contributed by atoms with Crippen LogP contribution in [0.2, 0.25) is 0 Å². The van der Waals surface area contributed by atoms with Crippen molar-refractivity contribution in [1.29, 1.82) is 0 Å². The Morgan fingerprint density at radius 2 is 2.33 bits per heavy atom. The Morgan fingerprint density at radius 3 is 3.05 bits per heavy atom. The first-order chi connectivity index (χ1) is 10.1. The minimum absolute atomic E-state index is 0.280. The van der Waals surface area contributed by atoms with Crippen LogP contribution in [0.25, 0.3) is 0 Å². The van der Waals surface area contributed by atoms with E-state index in [4.69, 9.17) is 16.3 Å². The van der Waals surface area contributed by atoms with Crippen molar-refractivity contribution in [3.05, 3.63) is 29.8 Å². The highest BCUT2D eigenvalue weighted by Gasteiger charge is 2.12. The van der Waals surface area contributed by atoms with Crippen LogP contribution in [0.1, 0.15) is 12.5 Å². The van der Waals surface area contributed by atoms with Gasteiger partial charge in [0.2, 0.25) is 11.0 Å². The molecule has 0 saturated carbocycles. The van der Waals surface area contributed by atoms with Crippen molar-refractivity contribution < 1.29 is 9.53 Å². The van der Waals surface area contributed by atoms with Crippen LogP contribution in [0, 0.1) is 0 Å². The SMILES string of the molecule is COc1cccc(CSc2nnc(NC(=O)C(C)Cl)s2)c1. The summed E-state index contributed by atoms with van der Waals surface area (Å²) in [5.74, 6) is 1.30. The lowest BCUT2D eigenvalue weighted by Gasteiger charge is -2.02. The predicted molar refractivity (Wildman–Crippen MR) is 86.4 cm³/mol. The summed E-state index contributed by atoms with van der Waals surface area (Å²) in [6.07, 6.45) is 0. The van der Waals surface area contributed by atoms with E-state index in [2.05, 4.69) is 15.5 Å². The van der Waals surface area contributed by atoms with E-state index < -0.39 is 5.38 Å². The molecule has 0 aliphatic heterocycles. The van der Waals surface area contributed by atoms with Gasteiger partial charge in [-0.3, -0.25) is 10.1 Å². The summed E-state index contributed by atoms with van der Waals surface area (Å²) in [5.41, 5.74) is 1.13. The first kappa shape index (κ1) is 16.1. The zero-order chi connectivity index (χ0) is 15.2. The third kappa shape index (κ3) is 4.87. The van der Waals surface area contributed by atoms with Crippen LogP contribution in [-0.2, 0) is 10.5 Å². The number of nitrogens with one attached hydrogen (secondary N) is 1. The fraction of sp³-hybridized carbons (Fsp3) is 0.308. The number of thioether (sulfide) groups is 1. The molecule has 112 valence electrons. The summed E-state index contributed by atoms with van der Waals surface area (Å²) in [5, 5.41) is 10.4. The Hall–Kier alpha value is -1.31. The standard InChI is InChI=1S/C13H14ClN3O2S2/c1-8(14)11(18)15-12-16-17-13(21-12)20-7-9-4-3-5-10(6-9)19-2/h3-6,8H,7H2,1-2H3,(H,15,16,18). The lowest BCUT2D eigenvalue weighted by atomic mass is 10.2. The van der Waals surface area contributed by atoms with Gasteiger partial charge in [-0.25, -0.2) is 0 Å². The van der Waals surface area contributed by atoms with Crippen molar-refractivity contribution in [2.24, 2.45) is 0 Å². The Morgan fingerprint density at radius 1 is 1.52 bits per heavy atom. The van der Waals surface area contributed by atoms with Crippen LogP contribution >= 0.6 is 34.7 Å². The molecule has 21 heavy (non-hydrogen) atoms. The Labute approximate surface area is 136 Å². The lowest BCUT2D eigenvalue weighted by Crippen LogP contribution is -2.20. The molecule has 0 fully saturated rings. The molecule has 1 atom stereocenters. The van der Waals surface area contributed by atoms with Crippen LogP contribution < -0.4 is 10.1 Å². The summed E-state index contributed by atoms with van der Waals surface area (Å²) in [4.78, 5) is 11.4. The molecule has 0 saturated heterocycles. The zero-order valence-corrected chi connectivity index (χ0v) is 13.9. The summed E-state index contributed by atoms with van der Waals surface area (Å²) in [6, 6.07) is 7.85. The molecule has 0 bridgehead atoms. The number of alkyl halides is 1. The highest BCUT2D eigenvalue weighted by atomic mass is 35.5. The van der Waals surface area contributed by atoms with E-state index in [1.54, 1.807) is 25.8 Å². The van der Waals surface area contributed by atoms with Crippen molar-refractivity contribution in [1.82, 2.24) is 10.2 Å². The number of methoxy groups -OCH3 is 1. The van der Waals surface area contributed by atoms with Gasteiger partial charge in [0, 0.05) is 5.75 Å². The average Bonchev–Trinajstić information content (AvgIpc) is 2.92. The Kier molecular flexibility index (Phi) is 5.84. The molecule has 0 aliphatic rings. The smallest absolute Gasteiger partial charge is 0.243 e. The van der Waals surface area contributed by atoms with E-state index >= 15 is 0 Å². The first-order valence-corrected chi connectivity index (χ1v) is 8.36. The number of ether oxygens (including phenoxy) is 1. The van der Waals surface area contributed by atoms with E-state index in [1.807, 2.05) is 24.3 Å². The van der Waals surface area contributed by atoms with Gasteiger partial charge in [-0.05, 0) is 24.6 Å². The van der Waals surface area contributed by atoms with E-state index in [0.717, 1.165) is 21.4 Å². The highest BCUT2D eigenvalue weighted by molar-refractivity contribution is 8.00. The lowest BCUT2D eigenvalue weighted by molar-refractivity contribution is -0.115. The van der Waals surface area contributed by atoms with E-state index in [9.17, 15) is 4.79 Å². The average molecular weight is 344 g/mol. The third-order valence-corrected chi connectivity index (χ3v) is 4.74. The number of halogens is 1.